The standard InChI is InChI=1S/C16H25NO2/c1-4-16(2)7-9-17(10-8-16)12-13-5-6-14(19-3)11-15(13)18/h5-6,11,18H,4,7-10,12H2,1-3H3. The van der Waals surface area contributed by atoms with E-state index in [-0.39, 0.29) is 0 Å². The van der Waals surface area contributed by atoms with Crippen molar-refractivity contribution in [2.75, 3.05) is 20.2 Å². The van der Waals surface area contributed by atoms with Gasteiger partial charge in [-0.1, -0.05) is 26.3 Å². The van der Waals surface area contributed by atoms with Crippen molar-refractivity contribution in [1.29, 1.82) is 0 Å². The fourth-order valence-electron chi connectivity index (χ4n) is 2.65. The fraction of sp³-hybridized carbons (Fsp3) is 0.625. The van der Waals surface area contributed by atoms with Crippen molar-refractivity contribution in [3.63, 3.8) is 0 Å². The van der Waals surface area contributed by atoms with E-state index in [1.54, 1.807) is 13.2 Å². The first kappa shape index (κ1) is 14.2. The molecule has 3 heteroatoms. The first-order valence-corrected chi connectivity index (χ1v) is 7.14. The molecule has 2 rings (SSSR count). The number of piperidine rings is 1. The molecule has 106 valence electrons. The number of nitrogens with zero attached hydrogens (tertiary/aromatic N) is 1. The summed E-state index contributed by atoms with van der Waals surface area (Å²) in [7, 11) is 1.62. The van der Waals surface area contributed by atoms with E-state index < -0.39 is 0 Å². The third-order valence-corrected chi connectivity index (χ3v) is 4.60. The van der Waals surface area contributed by atoms with E-state index in [0.717, 1.165) is 25.2 Å². The number of ether oxygens (including phenoxy) is 1. The highest BCUT2D eigenvalue weighted by molar-refractivity contribution is 5.39. The van der Waals surface area contributed by atoms with E-state index in [0.29, 0.717) is 16.9 Å². The average molecular weight is 263 g/mol. The molecule has 1 aromatic rings. The molecule has 19 heavy (non-hydrogen) atoms. The van der Waals surface area contributed by atoms with Gasteiger partial charge in [0.05, 0.1) is 7.11 Å². The van der Waals surface area contributed by atoms with Crippen molar-refractivity contribution >= 4 is 0 Å². The first-order valence-electron chi connectivity index (χ1n) is 7.14. The van der Waals surface area contributed by atoms with Crippen molar-refractivity contribution in [3.05, 3.63) is 23.8 Å². The molecular weight excluding hydrogens is 238 g/mol. The Kier molecular flexibility index (Phi) is 4.35. The van der Waals surface area contributed by atoms with Gasteiger partial charge < -0.3 is 9.84 Å². The van der Waals surface area contributed by atoms with Crippen LogP contribution in [0.1, 0.15) is 38.7 Å². The lowest BCUT2D eigenvalue weighted by Crippen LogP contribution is -2.37. The van der Waals surface area contributed by atoms with E-state index in [1.807, 2.05) is 12.1 Å². The van der Waals surface area contributed by atoms with Gasteiger partial charge in [-0.3, -0.25) is 4.90 Å². The van der Waals surface area contributed by atoms with E-state index in [4.69, 9.17) is 4.74 Å². The molecule has 0 atom stereocenters. The minimum absolute atomic E-state index is 0.336. The summed E-state index contributed by atoms with van der Waals surface area (Å²) in [5, 5.41) is 10.00. The second kappa shape index (κ2) is 5.83. The largest absolute Gasteiger partial charge is 0.507 e. The van der Waals surface area contributed by atoms with Crippen LogP contribution in [0.15, 0.2) is 18.2 Å². The van der Waals surface area contributed by atoms with Crippen LogP contribution in [0.4, 0.5) is 0 Å². The second-order valence-corrected chi connectivity index (χ2v) is 5.94. The molecular formula is C16H25NO2. The minimum Gasteiger partial charge on any atom is -0.507 e. The smallest absolute Gasteiger partial charge is 0.123 e. The van der Waals surface area contributed by atoms with Crippen LogP contribution < -0.4 is 4.74 Å². The number of benzene rings is 1. The zero-order valence-electron chi connectivity index (χ0n) is 12.3. The van der Waals surface area contributed by atoms with Crippen LogP contribution in [0.5, 0.6) is 11.5 Å². The molecule has 1 N–H and O–H groups in total. The van der Waals surface area contributed by atoms with Crippen LogP contribution >= 0.6 is 0 Å². The third-order valence-electron chi connectivity index (χ3n) is 4.60. The second-order valence-electron chi connectivity index (χ2n) is 5.94. The zero-order valence-corrected chi connectivity index (χ0v) is 12.3. The van der Waals surface area contributed by atoms with Gasteiger partial charge in [-0.2, -0.15) is 0 Å². The fourth-order valence-corrected chi connectivity index (χ4v) is 2.65. The summed E-state index contributed by atoms with van der Waals surface area (Å²) in [6.07, 6.45) is 3.76. The number of phenols is 1. The van der Waals surface area contributed by atoms with Gasteiger partial charge in [-0.25, -0.2) is 0 Å². The minimum atomic E-state index is 0.336. The molecule has 1 saturated heterocycles. The van der Waals surface area contributed by atoms with Crippen LogP contribution in [0, 0.1) is 5.41 Å². The van der Waals surface area contributed by atoms with Crippen LogP contribution in [0.25, 0.3) is 0 Å². The summed E-state index contributed by atoms with van der Waals surface area (Å²) in [6, 6.07) is 5.56. The molecule has 1 fully saturated rings. The van der Waals surface area contributed by atoms with Crippen molar-refractivity contribution < 1.29 is 9.84 Å². The SMILES string of the molecule is CCC1(C)CCN(Cc2ccc(OC)cc2O)CC1. The van der Waals surface area contributed by atoms with Crippen LogP contribution in [-0.4, -0.2) is 30.2 Å². The van der Waals surface area contributed by atoms with Crippen LogP contribution in [-0.2, 0) is 6.54 Å². The molecule has 0 aromatic heterocycles. The number of phenolic OH excluding ortho intramolecular Hbond substituents is 1. The van der Waals surface area contributed by atoms with Crippen LogP contribution in [0.2, 0.25) is 0 Å². The summed E-state index contributed by atoms with van der Waals surface area (Å²) in [4.78, 5) is 2.43. The molecule has 0 unspecified atom stereocenters. The van der Waals surface area contributed by atoms with Crippen LogP contribution in [0.3, 0.4) is 0 Å². The van der Waals surface area contributed by atoms with Gasteiger partial charge in [-0.15, -0.1) is 0 Å². The summed E-state index contributed by atoms with van der Waals surface area (Å²) in [6.45, 7) is 7.74. The Morgan fingerprint density at radius 2 is 2.00 bits per heavy atom. The predicted octanol–water partition coefficient (Wildman–Crippen LogP) is 3.41. The molecule has 0 amide bonds. The average Bonchev–Trinajstić information content (AvgIpc) is 2.43. The molecule has 0 aliphatic carbocycles. The molecule has 1 aliphatic rings. The Bertz CT molecular complexity index is 423. The summed E-state index contributed by atoms with van der Waals surface area (Å²) in [5.41, 5.74) is 1.50. The highest BCUT2D eigenvalue weighted by atomic mass is 16.5. The molecule has 1 aliphatic heterocycles. The maximum atomic E-state index is 10.00. The topological polar surface area (TPSA) is 32.7 Å². The van der Waals surface area contributed by atoms with Gasteiger partial charge in [0.2, 0.25) is 0 Å². The number of likely N-dealkylation sites (tertiary alicyclic amines) is 1. The summed E-state index contributed by atoms with van der Waals surface area (Å²) >= 11 is 0. The molecule has 1 aromatic carbocycles. The lowest BCUT2D eigenvalue weighted by Gasteiger charge is -2.39. The first-order chi connectivity index (χ1) is 9.06. The van der Waals surface area contributed by atoms with Crippen molar-refractivity contribution in [2.45, 2.75) is 39.7 Å². The molecule has 3 nitrogen and oxygen atoms in total. The summed E-state index contributed by atoms with van der Waals surface area (Å²) < 4.78 is 5.11. The van der Waals surface area contributed by atoms with Crippen molar-refractivity contribution in [2.24, 2.45) is 5.41 Å². The molecule has 0 saturated carbocycles. The summed E-state index contributed by atoms with van der Waals surface area (Å²) in [5.74, 6) is 1.04. The van der Waals surface area contributed by atoms with E-state index in [2.05, 4.69) is 18.7 Å². The van der Waals surface area contributed by atoms with E-state index in [9.17, 15) is 5.11 Å². The highest BCUT2D eigenvalue weighted by Crippen LogP contribution is 2.35. The van der Waals surface area contributed by atoms with Gasteiger partial charge >= 0.3 is 0 Å². The van der Waals surface area contributed by atoms with Gasteiger partial charge in [0, 0.05) is 18.2 Å². The van der Waals surface area contributed by atoms with Gasteiger partial charge in [-0.05, 0) is 37.4 Å². The van der Waals surface area contributed by atoms with E-state index in [1.165, 1.54) is 19.3 Å². The lowest BCUT2D eigenvalue weighted by atomic mass is 9.78. The number of aromatic hydroxyl groups is 1. The van der Waals surface area contributed by atoms with Gasteiger partial charge in [0.15, 0.2) is 0 Å². The highest BCUT2D eigenvalue weighted by Gasteiger charge is 2.28. The molecule has 0 radical (unpaired) electrons. The molecule has 0 spiro atoms. The van der Waals surface area contributed by atoms with E-state index >= 15 is 0 Å². The number of methoxy groups -OCH3 is 1. The number of rotatable bonds is 4. The van der Waals surface area contributed by atoms with Gasteiger partial charge in [0.25, 0.3) is 0 Å². The van der Waals surface area contributed by atoms with Crippen molar-refractivity contribution in [1.82, 2.24) is 4.90 Å². The Labute approximate surface area is 116 Å². The quantitative estimate of drug-likeness (QED) is 0.903. The molecule has 0 bridgehead atoms. The molecule has 1 heterocycles. The monoisotopic (exact) mass is 263 g/mol. The third kappa shape index (κ3) is 3.41. The van der Waals surface area contributed by atoms with Crippen molar-refractivity contribution in [3.8, 4) is 11.5 Å². The maximum absolute atomic E-state index is 10.00. The Balaban J connectivity index is 1.96. The normalized spacial score (nSPS) is 19.3. The lowest BCUT2D eigenvalue weighted by molar-refractivity contribution is 0.109. The zero-order chi connectivity index (χ0) is 13.9. The maximum Gasteiger partial charge on any atom is 0.123 e. The Hall–Kier alpha value is -1.22. The number of hydrogen-bond acceptors (Lipinski definition) is 3. The van der Waals surface area contributed by atoms with Gasteiger partial charge in [0.1, 0.15) is 11.5 Å². The predicted molar refractivity (Wildman–Crippen MR) is 77.6 cm³/mol. The Morgan fingerprint density at radius 1 is 1.32 bits per heavy atom. The number of hydrogen-bond donors (Lipinski definition) is 1. The Morgan fingerprint density at radius 3 is 2.53 bits per heavy atom.